The zero-order chi connectivity index (χ0) is 30.9. The van der Waals surface area contributed by atoms with Gasteiger partial charge in [-0.3, -0.25) is 0 Å². The largest absolute Gasteiger partial charge is 0.488 e. The van der Waals surface area contributed by atoms with Crippen molar-refractivity contribution in [3.8, 4) is 5.75 Å². The van der Waals surface area contributed by atoms with Crippen LogP contribution in [0, 0.1) is 46.3 Å². The molecule has 5 aliphatic rings. The first-order valence-corrected chi connectivity index (χ1v) is 18.0. The number of hydrogen-bond acceptors (Lipinski definition) is 7. The average Bonchev–Trinajstić information content (AvgIpc) is 3.29. The van der Waals surface area contributed by atoms with Crippen molar-refractivity contribution in [1.82, 2.24) is 4.72 Å². The van der Waals surface area contributed by atoms with Crippen LogP contribution in [0.3, 0.4) is 0 Å². The summed E-state index contributed by atoms with van der Waals surface area (Å²) in [5.74, 6) is 2.64. The van der Waals surface area contributed by atoms with Crippen LogP contribution in [-0.2, 0) is 21.2 Å². The highest BCUT2D eigenvalue weighted by Gasteiger charge is 2.63. The molecule has 2 unspecified atom stereocenters. The maximum absolute atomic E-state index is 13.0. The van der Waals surface area contributed by atoms with Crippen LogP contribution in [0.25, 0.3) is 0 Å². The first-order valence-electron chi connectivity index (χ1n) is 16.5. The number of carbonyl (C=O) groups is 1. The maximum atomic E-state index is 13.0. The SMILES string of the molecule is C[C@H](COC(=O)NS(=O)(=O)c1ccc2c(c1)CCC(C)(C)O2)C1CC[C@H]2[C@@H]3[C@H](O)CC4C[C@H](O)CC[C@]4(C)[C@H]3CC[C@]12C. The summed E-state index contributed by atoms with van der Waals surface area (Å²) < 4.78 is 39.6. The van der Waals surface area contributed by atoms with E-state index in [9.17, 15) is 23.4 Å². The summed E-state index contributed by atoms with van der Waals surface area (Å²) in [6.45, 7) is 11.1. The first-order chi connectivity index (χ1) is 20.1. The van der Waals surface area contributed by atoms with Gasteiger partial charge in [0, 0.05) is 0 Å². The number of carbonyl (C=O) groups excluding carboxylic acids is 1. The topological polar surface area (TPSA) is 122 Å². The van der Waals surface area contributed by atoms with Crippen LogP contribution in [0.1, 0.15) is 98.0 Å². The van der Waals surface area contributed by atoms with E-state index in [1.807, 2.05) is 13.8 Å². The van der Waals surface area contributed by atoms with Crippen molar-refractivity contribution in [1.29, 1.82) is 0 Å². The third kappa shape index (κ3) is 5.50. The van der Waals surface area contributed by atoms with Gasteiger partial charge in [-0.05, 0) is 148 Å². The molecule has 1 amide bonds. The van der Waals surface area contributed by atoms with E-state index in [1.54, 1.807) is 12.1 Å². The predicted molar refractivity (Wildman–Crippen MR) is 163 cm³/mol. The Bertz CT molecular complexity index is 1350. The van der Waals surface area contributed by atoms with E-state index >= 15 is 0 Å². The summed E-state index contributed by atoms with van der Waals surface area (Å²) in [5.41, 5.74) is 0.753. The molecular formula is C34H51NO7S. The van der Waals surface area contributed by atoms with Gasteiger partial charge in [-0.2, -0.15) is 0 Å². The molecule has 10 atom stereocenters. The molecule has 0 bridgehead atoms. The molecule has 3 N–H and O–H groups in total. The van der Waals surface area contributed by atoms with Crippen LogP contribution in [0.4, 0.5) is 4.79 Å². The van der Waals surface area contributed by atoms with E-state index in [-0.39, 0.29) is 52.0 Å². The Morgan fingerprint density at radius 2 is 1.74 bits per heavy atom. The number of benzene rings is 1. The van der Waals surface area contributed by atoms with Crippen molar-refractivity contribution < 1.29 is 32.9 Å². The number of aliphatic hydroxyl groups excluding tert-OH is 2. The number of amides is 1. The molecule has 1 heterocycles. The normalized spacial score (nSPS) is 40.6. The molecule has 0 saturated heterocycles. The average molecular weight is 618 g/mol. The molecule has 240 valence electrons. The minimum absolute atomic E-state index is 0.0249. The maximum Gasteiger partial charge on any atom is 0.421 e. The molecule has 1 aromatic rings. The summed E-state index contributed by atoms with van der Waals surface area (Å²) in [6.07, 6.45) is 7.73. The number of aliphatic hydroxyl groups is 2. The molecule has 0 radical (unpaired) electrons. The zero-order valence-electron chi connectivity index (χ0n) is 26.5. The number of fused-ring (bicyclic) bond motifs is 6. The van der Waals surface area contributed by atoms with Gasteiger partial charge < -0.3 is 19.7 Å². The third-order valence-electron chi connectivity index (χ3n) is 12.8. The van der Waals surface area contributed by atoms with Gasteiger partial charge in [0.1, 0.15) is 11.4 Å². The molecule has 8 nitrogen and oxygen atoms in total. The highest BCUT2D eigenvalue weighted by molar-refractivity contribution is 7.90. The van der Waals surface area contributed by atoms with Gasteiger partial charge in [0.25, 0.3) is 10.0 Å². The van der Waals surface area contributed by atoms with Crippen molar-refractivity contribution in [2.45, 2.75) is 122 Å². The van der Waals surface area contributed by atoms with Gasteiger partial charge in [-0.25, -0.2) is 17.9 Å². The number of aryl methyl sites for hydroxylation is 1. The van der Waals surface area contributed by atoms with E-state index in [0.29, 0.717) is 35.8 Å². The highest BCUT2D eigenvalue weighted by Crippen LogP contribution is 2.68. The Morgan fingerprint density at radius 3 is 2.51 bits per heavy atom. The minimum atomic E-state index is -4.08. The van der Waals surface area contributed by atoms with Crippen molar-refractivity contribution in [3.63, 3.8) is 0 Å². The summed E-state index contributed by atoms with van der Waals surface area (Å²) in [6, 6.07) is 4.70. The van der Waals surface area contributed by atoms with Gasteiger partial charge in [-0.15, -0.1) is 0 Å². The van der Waals surface area contributed by atoms with Crippen LogP contribution in [0.2, 0.25) is 0 Å². The lowest BCUT2D eigenvalue weighted by atomic mass is 9.43. The number of ether oxygens (including phenoxy) is 2. The minimum Gasteiger partial charge on any atom is -0.488 e. The molecule has 4 aliphatic carbocycles. The van der Waals surface area contributed by atoms with Gasteiger partial charge in [0.05, 0.1) is 23.7 Å². The molecule has 9 heteroatoms. The summed E-state index contributed by atoms with van der Waals surface area (Å²) in [7, 11) is -4.08. The molecule has 43 heavy (non-hydrogen) atoms. The van der Waals surface area contributed by atoms with Crippen LogP contribution in [-0.4, -0.2) is 49.1 Å². The zero-order valence-corrected chi connectivity index (χ0v) is 27.3. The summed E-state index contributed by atoms with van der Waals surface area (Å²) in [5, 5.41) is 21.8. The van der Waals surface area contributed by atoms with Gasteiger partial charge in [-0.1, -0.05) is 20.8 Å². The predicted octanol–water partition coefficient (Wildman–Crippen LogP) is 5.83. The number of rotatable bonds is 5. The van der Waals surface area contributed by atoms with Crippen molar-refractivity contribution in [3.05, 3.63) is 23.8 Å². The van der Waals surface area contributed by atoms with Gasteiger partial charge in [0.2, 0.25) is 0 Å². The molecule has 4 saturated carbocycles. The second-order valence-electron chi connectivity index (χ2n) is 15.8. The fourth-order valence-electron chi connectivity index (χ4n) is 10.5. The van der Waals surface area contributed by atoms with Crippen LogP contribution in [0.5, 0.6) is 5.75 Å². The van der Waals surface area contributed by atoms with Crippen LogP contribution < -0.4 is 9.46 Å². The summed E-state index contributed by atoms with van der Waals surface area (Å²) >= 11 is 0. The lowest BCUT2D eigenvalue weighted by Crippen LogP contribution is -2.58. The monoisotopic (exact) mass is 617 g/mol. The van der Waals surface area contributed by atoms with Crippen molar-refractivity contribution in [2.24, 2.45) is 46.3 Å². The van der Waals surface area contributed by atoms with Crippen LogP contribution >= 0.6 is 0 Å². The molecular weight excluding hydrogens is 566 g/mol. The Labute approximate surface area is 257 Å². The second-order valence-corrected chi connectivity index (χ2v) is 17.4. The molecule has 6 rings (SSSR count). The quantitative estimate of drug-likeness (QED) is 0.380. The third-order valence-corrected chi connectivity index (χ3v) is 14.1. The smallest absolute Gasteiger partial charge is 0.421 e. The highest BCUT2D eigenvalue weighted by atomic mass is 32.2. The first kappa shape index (κ1) is 31.2. The number of hydrogen-bond donors (Lipinski definition) is 3. The van der Waals surface area contributed by atoms with E-state index in [4.69, 9.17) is 9.47 Å². The Kier molecular flexibility index (Phi) is 7.90. The van der Waals surface area contributed by atoms with E-state index in [2.05, 4.69) is 25.5 Å². The lowest BCUT2D eigenvalue weighted by molar-refractivity contribution is -0.174. The van der Waals surface area contributed by atoms with E-state index in [0.717, 1.165) is 63.4 Å². The second kappa shape index (κ2) is 10.9. The van der Waals surface area contributed by atoms with Crippen LogP contribution in [0.15, 0.2) is 23.1 Å². The van der Waals surface area contributed by atoms with Crippen molar-refractivity contribution >= 4 is 16.1 Å². The lowest BCUT2D eigenvalue weighted by Gasteiger charge is -2.62. The van der Waals surface area contributed by atoms with E-state index < -0.39 is 16.1 Å². The standard InChI is InChI=1S/C34H51NO7S/c1-20(19-41-31(38)35-43(39,40)24-6-9-29-21(16-24)10-13-32(2,3)42-29)25-7-8-26-30-27(12-15-34(25,26)5)33(4)14-11-23(36)17-22(33)18-28(30)37/h6,9,16,20,22-23,25-28,30,36-37H,7-8,10-15,17-19H2,1-5H3,(H,35,38)/t20-,22?,23-,25?,26+,27+,28-,30+,33+,34-/m1/s1. The number of nitrogens with one attached hydrogen (secondary N) is 1. The fraction of sp³-hybridized carbons (Fsp3) is 0.794. The van der Waals surface area contributed by atoms with Gasteiger partial charge >= 0.3 is 6.09 Å². The Morgan fingerprint density at radius 1 is 1.02 bits per heavy atom. The number of sulfonamides is 1. The molecule has 1 aliphatic heterocycles. The molecule has 4 fully saturated rings. The fourth-order valence-corrected chi connectivity index (χ4v) is 11.4. The molecule has 1 aromatic carbocycles. The molecule has 0 spiro atoms. The van der Waals surface area contributed by atoms with Gasteiger partial charge in [0.15, 0.2) is 0 Å². The Balaban J connectivity index is 1.08. The van der Waals surface area contributed by atoms with Crippen molar-refractivity contribution in [2.75, 3.05) is 6.61 Å². The van der Waals surface area contributed by atoms with E-state index in [1.165, 1.54) is 6.07 Å². The molecule has 0 aromatic heterocycles. The Hall–Kier alpha value is -1.84. The summed E-state index contributed by atoms with van der Waals surface area (Å²) in [4.78, 5) is 12.7.